The van der Waals surface area contributed by atoms with E-state index in [0.29, 0.717) is 5.82 Å². The van der Waals surface area contributed by atoms with Crippen molar-refractivity contribution >= 4 is 5.91 Å². The van der Waals surface area contributed by atoms with Crippen molar-refractivity contribution in [2.75, 3.05) is 14.1 Å². The molecule has 4 rings (SSSR count). The lowest BCUT2D eigenvalue weighted by Crippen LogP contribution is -2.27. The number of aryl methyl sites for hydroxylation is 1. The first-order chi connectivity index (χ1) is 13.8. The minimum absolute atomic E-state index is 0.0674. The first-order valence-electron chi connectivity index (χ1n) is 9.28. The molecule has 9 heteroatoms. The Morgan fingerprint density at radius 3 is 2.66 bits per heavy atom. The molecular formula is C20H21F2N5O2. The SMILES string of the molecule is Cc1ccccc1C1(c2noc(-c3cc(C(F)F)n(CC(=O)N(C)C)n3)n2)CC1. The van der Waals surface area contributed by atoms with E-state index in [-0.39, 0.29) is 35.1 Å². The minimum atomic E-state index is -2.78. The summed E-state index contributed by atoms with van der Waals surface area (Å²) >= 11 is 0. The van der Waals surface area contributed by atoms with Gasteiger partial charge >= 0.3 is 0 Å². The van der Waals surface area contributed by atoms with Gasteiger partial charge < -0.3 is 9.42 Å². The maximum absolute atomic E-state index is 13.4. The van der Waals surface area contributed by atoms with Crippen LogP contribution in [-0.2, 0) is 16.8 Å². The van der Waals surface area contributed by atoms with Crippen LogP contribution in [0, 0.1) is 6.92 Å². The lowest BCUT2D eigenvalue weighted by molar-refractivity contribution is -0.129. The summed E-state index contributed by atoms with van der Waals surface area (Å²) in [6.45, 7) is 1.75. The summed E-state index contributed by atoms with van der Waals surface area (Å²) in [5.41, 5.74) is 1.74. The van der Waals surface area contributed by atoms with Crippen molar-refractivity contribution in [3.8, 4) is 11.6 Å². The molecule has 0 radical (unpaired) electrons. The van der Waals surface area contributed by atoms with E-state index in [9.17, 15) is 13.6 Å². The van der Waals surface area contributed by atoms with Crippen LogP contribution in [0.25, 0.3) is 11.6 Å². The second-order valence-corrected chi connectivity index (χ2v) is 7.52. The number of benzene rings is 1. The lowest BCUT2D eigenvalue weighted by atomic mass is 9.91. The lowest BCUT2D eigenvalue weighted by Gasteiger charge is -2.13. The molecule has 1 aliphatic carbocycles. The predicted octanol–water partition coefficient (Wildman–Crippen LogP) is 3.35. The standard InChI is InChI=1S/C20H21F2N5O2/c1-12-6-4-5-7-13(12)20(8-9-20)19-23-18(29-25-19)14-10-15(17(21)22)27(24-14)11-16(28)26(2)3/h4-7,10,17H,8-9,11H2,1-3H3. The number of carbonyl (C=O) groups is 1. The molecule has 0 saturated heterocycles. The summed E-state index contributed by atoms with van der Waals surface area (Å²) < 4.78 is 33.2. The van der Waals surface area contributed by atoms with Crippen molar-refractivity contribution in [3.63, 3.8) is 0 Å². The van der Waals surface area contributed by atoms with Gasteiger partial charge in [-0.05, 0) is 37.0 Å². The largest absolute Gasteiger partial charge is 0.347 e. The fourth-order valence-electron chi connectivity index (χ4n) is 3.48. The summed E-state index contributed by atoms with van der Waals surface area (Å²) in [7, 11) is 3.11. The van der Waals surface area contributed by atoms with Gasteiger partial charge in [0.25, 0.3) is 12.3 Å². The smallest absolute Gasteiger partial charge is 0.280 e. The van der Waals surface area contributed by atoms with Crippen LogP contribution in [-0.4, -0.2) is 44.8 Å². The Labute approximate surface area is 166 Å². The van der Waals surface area contributed by atoms with E-state index < -0.39 is 6.43 Å². The third-order valence-electron chi connectivity index (χ3n) is 5.30. The van der Waals surface area contributed by atoms with Crippen LogP contribution in [0.2, 0.25) is 0 Å². The van der Waals surface area contributed by atoms with Crippen molar-refractivity contribution in [2.24, 2.45) is 0 Å². The van der Waals surface area contributed by atoms with E-state index in [1.807, 2.05) is 25.1 Å². The number of amides is 1. The van der Waals surface area contributed by atoms with Gasteiger partial charge in [-0.2, -0.15) is 10.1 Å². The molecule has 1 fully saturated rings. The molecule has 7 nitrogen and oxygen atoms in total. The number of hydrogen-bond acceptors (Lipinski definition) is 5. The Morgan fingerprint density at radius 1 is 1.31 bits per heavy atom. The molecule has 1 aliphatic rings. The molecule has 0 spiro atoms. The Balaban J connectivity index is 1.67. The van der Waals surface area contributed by atoms with Crippen molar-refractivity contribution in [1.82, 2.24) is 24.8 Å². The maximum Gasteiger partial charge on any atom is 0.280 e. The molecule has 0 atom stereocenters. The van der Waals surface area contributed by atoms with Gasteiger partial charge in [0.05, 0.1) is 5.41 Å². The highest BCUT2D eigenvalue weighted by atomic mass is 19.3. The molecule has 0 N–H and O–H groups in total. The summed E-state index contributed by atoms with van der Waals surface area (Å²) in [5.74, 6) is 0.251. The Kier molecular flexibility index (Phi) is 4.68. The van der Waals surface area contributed by atoms with Gasteiger partial charge in [0.1, 0.15) is 12.2 Å². The quantitative estimate of drug-likeness (QED) is 0.633. The average molecular weight is 401 g/mol. The van der Waals surface area contributed by atoms with E-state index in [4.69, 9.17) is 4.52 Å². The second-order valence-electron chi connectivity index (χ2n) is 7.52. The van der Waals surface area contributed by atoms with Crippen molar-refractivity contribution in [1.29, 1.82) is 0 Å². The Morgan fingerprint density at radius 2 is 2.03 bits per heavy atom. The second kappa shape index (κ2) is 7.06. The third-order valence-corrected chi connectivity index (χ3v) is 5.30. The molecule has 0 unspecified atom stereocenters. The molecule has 0 aliphatic heterocycles. The first-order valence-corrected chi connectivity index (χ1v) is 9.28. The molecule has 1 amide bonds. The van der Waals surface area contributed by atoms with Crippen LogP contribution >= 0.6 is 0 Å². The third kappa shape index (κ3) is 3.41. The molecule has 0 bridgehead atoms. The molecule has 1 saturated carbocycles. The fraction of sp³-hybridized carbons (Fsp3) is 0.400. The highest BCUT2D eigenvalue weighted by molar-refractivity contribution is 5.75. The molecule has 2 heterocycles. The molecule has 152 valence electrons. The minimum Gasteiger partial charge on any atom is -0.347 e. The summed E-state index contributed by atoms with van der Waals surface area (Å²) in [5, 5.41) is 8.24. The highest BCUT2D eigenvalue weighted by Gasteiger charge is 2.50. The Hall–Kier alpha value is -3.10. The number of aromatic nitrogens is 4. The van der Waals surface area contributed by atoms with Crippen LogP contribution in [0.4, 0.5) is 8.78 Å². The zero-order chi connectivity index (χ0) is 20.8. The van der Waals surface area contributed by atoms with Crippen LogP contribution in [0.5, 0.6) is 0 Å². The average Bonchev–Trinajstić information content (AvgIpc) is 3.13. The number of likely N-dealkylation sites (N-methyl/N-ethyl adjacent to an activating group) is 1. The van der Waals surface area contributed by atoms with Gasteiger partial charge in [0.15, 0.2) is 11.5 Å². The van der Waals surface area contributed by atoms with E-state index in [1.54, 1.807) is 14.1 Å². The van der Waals surface area contributed by atoms with E-state index in [0.717, 1.165) is 28.7 Å². The molecule has 3 aromatic rings. The van der Waals surface area contributed by atoms with Gasteiger partial charge in [0.2, 0.25) is 5.91 Å². The number of alkyl halides is 2. The number of halogens is 2. The molecule has 1 aromatic carbocycles. The number of carbonyl (C=O) groups excluding carboxylic acids is 1. The summed E-state index contributed by atoms with van der Waals surface area (Å²) in [4.78, 5) is 17.7. The fourth-order valence-corrected chi connectivity index (χ4v) is 3.48. The van der Waals surface area contributed by atoms with Gasteiger partial charge in [0, 0.05) is 14.1 Å². The van der Waals surface area contributed by atoms with E-state index >= 15 is 0 Å². The van der Waals surface area contributed by atoms with Crippen molar-refractivity contribution < 1.29 is 18.1 Å². The van der Waals surface area contributed by atoms with Crippen LogP contribution in [0.3, 0.4) is 0 Å². The normalized spacial score (nSPS) is 15.0. The number of rotatable bonds is 6. The first kappa shape index (κ1) is 19.2. The van der Waals surface area contributed by atoms with E-state index in [2.05, 4.69) is 21.3 Å². The zero-order valence-electron chi connectivity index (χ0n) is 16.4. The summed E-state index contributed by atoms with van der Waals surface area (Å²) in [6, 6.07) is 9.23. The van der Waals surface area contributed by atoms with Crippen LogP contribution < -0.4 is 0 Å². The van der Waals surface area contributed by atoms with Crippen molar-refractivity contribution in [2.45, 2.75) is 38.2 Å². The van der Waals surface area contributed by atoms with Gasteiger partial charge in [-0.3, -0.25) is 9.48 Å². The topological polar surface area (TPSA) is 77.0 Å². The summed E-state index contributed by atoms with van der Waals surface area (Å²) in [6.07, 6.45) is -0.995. The van der Waals surface area contributed by atoms with Crippen LogP contribution in [0.15, 0.2) is 34.9 Å². The molecular weight excluding hydrogens is 380 g/mol. The van der Waals surface area contributed by atoms with Crippen LogP contribution in [0.1, 0.15) is 41.9 Å². The van der Waals surface area contributed by atoms with Crippen molar-refractivity contribution in [3.05, 3.63) is 53.0 Å². The maximum atomic E-state index is 13.4. The van der Waals surface area contributed by atoms with Gasteiger partial charge in [-0.1, -0.05) is 29.4 Å². The monoisotopic (exact) mass is 401 g/mol. The Bertz CT molecular complexity index is 1050. The van der Waals surface area contributed by atoms with Gasteiger partial charge in [-0.15, -0.1) is 0 Å². The molecule has 29 heavy (non-hydrogen) atoms. The zero-order valence-corrected chi connectivity index (χ0v) is 16.4. The number of hydrogen-bond donors (Lipinski definition) is 0. The van der Waals surface area contributed by atoms with E-state index in [1.165, 1.54) is 11.0 Å². The number of nitrogens with zero attached hydrogens (tertiary/aromatic N) is 5. The highest BCUT2D eigenvalue weighted by Crippen LogP contribution is 2.53. The predicted molar refractivity (Wildman–Crippen MR) is 100 cm³/mol. The van der Waals surface area contributed by atoms with Gasteiger partial charge in [-0.25, -0.2) is 8.78 Å². The molecule has 2 aromatic heterocycles.